The summed E-state index contributed by atoms with van der Waals surface area (Å²) in [7, 11) is 0. The van der Waals surface area contributed by atoms with Crippen LogP contribution in [0.3, 0.4) is 0 Å². The molecule has 0 aliphatic heterocycles. The van der Waals surface area contributed by atoms with E-state index >= 15 is 0 Å². The molecule has 2 aliphatic rings. The third-order valence-electron chi connectivity index (χ3n) is 5.06. The predicted octanol–water partition coefficient (Wildman–Crippen LogP) is 3.22. The van der Waals surface area contributed by atoms with Gasteiger partial charge in [0.15, 0.2) is 0 Å². The van der Waals surface area contributed by atoms with E-state index in [1.54, 1.807) is 0 Å². The van der Waals surface area contributed by atoms with Crippen molar-refractivity contribution in [3.8, 4) is 5.75 Å². The molecule has 5 heteroatoms. The van der Waals surface area contributed by atoms with Gasteiger partial charge in [0, 0.05) is 18.2 Å². The van der Waals surface area contributed by atoms with E-state index in [0.29, 0.717) is 17.9 Å². The second-order valence-corrected chi connectivity index (χ2v) is 6.38. The van der Waals surface area contributed by atoms with E-state index in [9.17, 15) is 18.7 Å². The van der Waals surface area contributed by atoms with Gasteiger partial charge in [-0.25, -0.2) is 8.78 Å². The predicted molar refractivity (Wildman–Crippen MR) is 73.9 cm³/mol. The number of aromatic hydroxyl groups is 1. The number of nitrogens with one attached hydrogen (secondary N) is 1. The number of fused-ring (bicyclic) bond motifs is 2. The SMILES string of the molecule is CC(NC(=O)c1c(O)cc(F)cc1F)C1CC2CCC1C2. The molecule has 114 valence electrons. The Morgan fingerprint density at radius 3 is 2.67 bits per heavy atom. The van der Waals surface area contributed by atoms with Crippen LogP contribution in [0.1, 0.15) is 43.0 Å². The van der Waals surface area contributed by atoms with E-state index in [1.807, 2.05) is 6.92 Å². The van der Waals surface area contributed by atoms with Gasteiger partial charge in [0.05, 0.1) is 0 Å². The van der Waals surface area contributed by atoms with Crippen molar-refractivity contribution < 1.29 is 18.7 Å². The van der Waals surface area contributed by atoms with E-state index in [2.05, 4.69) is 5.32 Å². The maximum Gasteiger partial charge on any atom is 0.258 e. The Morgan fingerprint density at radius 1 is 1.33 bits per heavy atom. The molecule has 0 saturated heterocycles. The van der Waals surface area contributed by atoms with Crippen LogP contribution in [-0.4, -0.2) is 17.1 Å². The molecular formula is C16H19F2NO2. The molecule has 2 saturated carbocycles. The maximum atomic E-state index is 13.7. The molecule has 1 amide bonds. The van der Waals surface area contributed by atoms with Crippen LogP contribution in [0.15, 0.2) is 12.1 Å². The highest BCUT2D eigenvalue weighted by atomic mass is 19.1. The highest BCUT2D eigenvalue weighted by molar-refractivity contribution is 5.97. The molecule has 1 aromatic carbocycles. The summed E-state index contributed by atoms with van der Waals surface area (Å²) < 4.78 is 26.6. The summed E-state index contributed by atoms with van der Waals surface area (Å²) in [5.41, 5.74) is -0.480. The number of phenols is 1. The lowest BCUT2D eigenvalue weighted by atomic mass is 9.84. The Kier molecular flexibility index (Phi) is 3.59. The average molecular weight is 295 g/mol. The minimum atomic E-state index is -1.04. The molecule has 4 atom stereocenters. The van der Waals surface area contributed by atoms with Crippen LogP contribution >= 0.6 is 0 Å². The first-order valence-electron chi connectivity index (χ1n) is 7.44. The molecule has 2 fully saturated rings. The monoisotopic (exact) mass is 295 g/mol. The Morgan fingerprint density at radius 2 is 2.10 bits per heavy atom. The number of rotatable bonds is 3. The van der Waals surface area contributed by atoms with Crippen LogP contribution in [0.2, 0.25) is 0 Å². The lowest BCUT2D eigenvalue weighted by Gasteiger charge is -2.28. The molecule has 2 bridgehead atoms. The summed E-state index contributed by atoms with van der Waals surface area (Å²) in [5.74, 6) is -1.47. The van der Waals surface area contributed by atoms with E-state index in [0.717, 1.165) is 18.4 Å². The first kappa shape index (κ1) is 14.3. The molecular weight excluding hydrogens is 276 g/mol. The average Bonchev–Trinajstić information content (AvgIpc) is 2.99. The Labute approximate surface area is 122 Å². The number of hydrogen-bond acceptors (Lipinski definition) is 2. The van der Waals surface area contributed by atoms with Crippen molar-refractivity contribution in [1.29, 1.82) is 0 Å². The van der Waals surface area contributed by atoms with Crippen molar-refractivity contribution in [2.45, 2.75) is 38.6 Å². The molecule has 3 nitrogen and oxygen atoms in total. The molecule has 0 aromatic heterocycles. The summed E-state index contributed by atoms with van der Waals surface area (Å²) in [4.78, 5) is 12.1. The molecule has 0 heterocycles. The summed E-state index contributed by atoms with van der Waals surface area (Å²) in [6, 6.07) is 1.29. The molecule has 0 radical (unpaired) electrons. The van der Waals surface area contributed by atoms with Crippen molar-refractivity contribution in [3.05, 3.63) is 29.3 Å². The fraction of sp³-hybridized carbons (Fsp3) is 0.562. The zero-order valence-electron chi connectivity index (χ0n) is 11.9. The maximum absolute atomic E-state index is 13.7. The molecule has 1 aromatic rings. The van der Waals surface area contributed by atoms with E-state index in [1.165, 1.54) is 19.3 Å². The quantitative estimate of drug-likeness (QED) is 0.899. The molecule has 2 aliphatic carbocycles. The molecule has 3 rings (SSSR count). The van der Waals surface area contributed by atoms with E-state index in [-0.39, 0.29) is 6.04 Å². The summed E-state index contributed by atoms with van der Waals surface area (Å²) in [5, 5.41) is 12.3. The normalized spacial score (nSPS) is 28.6. The number of benzene rings is 1. The van der Waals surface area contributed by atoms with Gasteiger partial charge in [-0.1, -0.05) is 6.42 Å². The second-order valence-electron chi connectivity index (χ2n) is 6.38. The number of phenolic OH excluding ortho intramolecular Hbond substituents is 1. The van der Waals surface area contributed by atoms with E-state index < -0.39 is 28.9 Å². The minimum Gasteiger partial charge on any atom is -0.507 e. The third kappa shape index (κ3) is 2.61. The summed E-state index contributed by atoms with van der Waals surface area (Å²) >= 11 is 0. The fourth-order valence-electron chi connectivity index (χ4n) is 4.08. The van der Waals surface area contributed by atoms with Crippen molar-refractivity contribution in [1.82, 2.24) is 5.32 Å². The largest absolute Gasteiger partial charge is 0.507 e. The van der Waals surface area contributed by atoms with Crippen LogP contribution in [-0.2, 0) is 0 Å². The molecule has 4 unspecified atom stereocenters. The first-order chi connectivity index (χ1) is 9.95. The van der Waals surface area contributed by atoms with Crippen molar-refractivity contribution in [3.63, 3.8) is 0 Å². The van der Waals surface area contributed by atoms with Crippen LogP contribution in [0.25, 0.3) is 0 Å². The highest BCUT2D eigenvalue weighted by Crippen LogP contribution is 2.49. The summed E-state index contributed by atoms with van der Waals surface area (Å²) in [6.07, 6.45) is 4.80. The van der Waals surface area contributed by atoms with Crippen molar-refractivity contribution in [2.24, 2.45) is 17.8 Å². The van der Waals surface area contributed by atoms with Gasteiger partial charge in [-0.05, 0) is 43.9 Å². The molecule has 2 N–H and O–H groups in total. The number of carbonyl (C=O) groups excluding carboxylic acids is 1. The van der Waals surface area contributed by atoms with Gasteiger partial charge in [0.2, 0.25) is 0 Å². The number of carbonyl (C=O) groups is 1. The Bertz CT molecular complexity index is 552. The number of hydrogen-bond donors (Lipinski definition) is 2. The van der Waals surface area contributed by atoms with Crippen LogP contribution in [0, 0.1) is 29.4 Å². The van der Waals surface area contributed by atoms with Gasteiger partial charge >= 0.3 is 0 Å². The van der Waals surface area contributed by atoms with Gasteiger partial charge in [0.25, 0.3) is 5.91 Å². The topological polar surface area (TPSA) is 49.3 Å². The lowest BCUT2D eigenvalue weighted by molar-refractivity contribution is 0.0908. The van der Waals surface area contributed by atoms with E-state index in [4.69, 9.17) is 0 Å². The zero-order valence-corrected chi connectivity index (χ0v) is 11.9. The van der Waals surface area contributed by atoms with Gasteiger partial charge in [-0.3, -0.25) is 4.79 Å². The van der Waals surface area contributed by atoms with Gasteiger partial charge in [-0.15, -0.1) is 0 Å². The van der Waals surface area contributed by atoms with Gasteiger partial charge in [0.1, 0.15) is 22.9 Å². The highest BCUT2D eigenvalue weighted by Gasteiger charge is 2.42. The molecule has 0 spiro atoms. The van der Waals surface area contributed by atoms with Gasteiger partial charge in [-0.2, -0.15) is 0 Å². The van der Waals surface area contributed by atoms with Crippen molar-refractivity contribution in [2.75, 3.05) is 0 Å². The van der Waals surface area contributed by atoms with Crippen LogP contribution in [0.4, 0.5) is 8.78 Å². The first-order valence-corrected chi connectivity index (χ1v) is 7.44. The smallest absolute Gasteiger partial charge is 0.258 e. The number of amides is 1. The second kappa shape index (κ2) is 5.28. The fourth-order valence-corrected chi connectivity index (χ4v) is 4.08. The Hall–Kier alpha value is -1.65. The van der Waals surface area contributed by atoms with Gasteiger partial charge < -0.3 is 10.4 Å². The zero-order chi connectivity index (χ0) is 15.1. The standard InChI is InChI=1S/C16H19F2NO2/c1-8(12-5-9-2-3-10(12)4-9)19-16(21)15-13(18)6-11(17)7-14(15)20/h6-10,12,20H,2-5H2,1H3,(H,19,21). The van der Waals surface area contributed by atoms with Crippen LogP contribution in [0.5, 0.6) is 5.75 Å². The summed E-state index contributed by atoms with van der Waals surface area (Å²) in [6.45, 7) is 1.92. The molecule has 21 heavy (non-hydrogen) atoms. The lowest BCUT2D eigenvalue weighted by Crippen LogP contribution is -2.40. The minimum absolute atomic E-state index is 0.0725. The number of halogens is 2. The van der Waals surface area contributed by atoms with Crippen molar-refractivity contribution >= 4 is 5.91 Å². The van der Waals surface area contributed by atoms with Crippen LogP contribution < -0.4 is 5.32 Å². The third-order valence-corrected chi connectivity index (χ3v) is 5.06. The Balaban J connectivity index is 1.72.